The summed E-state index contributed by atoms with van der Waals surface area (Å²) in [6, 6.07) is 11.9. The summed E-state index contributed by atoms with van der Waals surface area (Å²) >= 11 is 7.52. The molecular formula is C23H28ClN5O2S. The van der Waals surface area contributed by atoms with E-state index in [1.54, 1.807) is 6.07 Å². The molecular weight excluding hydrogens is 446 g/mol. The molecule has 7 nitrogen and oxygen atoms in total. The van der Waals surface area contributed by atoms with Gasteiger partial charge in [0.05, 0.1) is 5.75 Å². The summed E-state index contributed by atoms with van der Waals surface area (Å²) in [6.07, 6.45) is 2.84. The third-order valence-corrected chi connectivity index (χ3v) is 6.77. The van der Waals surface area contributed by atoms with Gasteiger partial charge in [0.25, 0.3) is 0 Å². The quantitative estimate of drug-likeness (QED) is 0.360. The number of hydrogen-bond donors (Lipinski definition) is 1. The van der Waals surface area contributed by atoms with Crippen LogP contribution in [0.4, 0.5) is 5.82 Å². The predicted octanol–water partition coefficient (Wildman–Crippen LogP) is 3.03. The second-order valence-electron chi connectivity index (χ2n) is 8.31. The van der Waals surface area contributed by atoms with Crippen LogP contribution in [0.5, 0.6) is 0 Å². The lowest BCUT2D eigenvalue weighted by molar-refractivity contribution is -0.135. The lowest BCUT2D eigenvalue weighted by atomic mass is 10.1. The Bertz CT molecular complexity index is 957. The van der Waals surface area contributed by atoms with Gasteiger partial charge in [0.1, 0.15) is 11.0 Å². The molecule has 1 aromatic carbocycles. The van der Waals surface area contributed by atoms with E-state index >= 15 is 0 Å². The largest absolute Gasteiger partial charge is 0.355 e. The first-order valence-corrected chi connectivity index (χ1v) is 12.4. The van der Waals surface area contributed by atoms with Gasteiger partial charge in [-0.3, -0.25) is 9.59 Å². The molecule has 1 unspecified atom stereocenters. The Balaban J connectivity index is 1.28. The van der Waals surface area contributed by atoms with Crippen molar-refractivity contribution in [3.8, 4) is 0 Å². The molecule has 2 aromatic rings. The molecule has 1 saturated carbocycles. The molecule has 1 aliphatic carbocycles. The van der Waals surface area contributed by atoms with E-state index in [1.807, 2.05) is 35.2 Å². The van der Waals surface area contributed by atoms with Gasteiger partial charge >= 0.3 is 0 Å². The number of benzene rings is 1. The van der Waals surface area contributed by atoms with Crippen LogP contribution in [0.25, 0.3) is 0 Å². The minimum atomic E-state index is -0.0584. The molecule has 4 rings (SSSR count). The first kappa shape index (κ1) is 22.9. The van der Waals surface area contributed by atoms with Crippen LogP contribution in [-0.4, -0.2) is 64.7 Å². The van der Waals surface area contributed by atoms with E-state index < -0.39 is 0 Å². The minimum absolute atomic E-state index is 0.0584. The van der Waals surface area contributed by atoms with Crippen molar-refractivity contribution in [1.29, 1.82) is 0 Å². The molecule has 2 fully saturated rings. The minimum Gasteiger partial charge on any atom is -0.355 e. The molecule has 9 heteroatoms. The molecule has 2 aliphatic rings. The highest BCUT2D eigenvalue weighted by Crippen LogP contribution is 2.32. The van der Waals surface area contributed by atoms with Crippen molar-refractivity contribution in [2.45, 2.75) is 37.4 Å². The van der Waals surface area contributed by atoms with Gasteiger partial charge in [-0.25, -0.2) is 9.97 Å². The maximum Gasteiger partial charge on any atom is 0.230 e. The molecule has 1 N–H and O–H groups in total. The highest BCUT2D eigenvalue weighted by atomic mass is 35.5. The topological polar surface area (TPSA) is 78.4 Å². The Morgan fingerprint density at radius 2 is 1.97 bits per heavy atom. The van der Waals surface area contributed by atoms with E-state index in [9.17, 15) is 9.59 Å². The highest BCUT2D eigenvalue weighted by molar-refractivity contribution is 7.99. The summed E-state index contributed by atoms with van der Waals surface area (Å²) in [5.41, 5.74) is 1.19. The lowest BCUT2D eigenvalue weighted by Gasteiger charge is -2.40. The van der Waals surface area contributed by atoms with Crippen LogP contribution in [0.15, 0.2) is 41.6 Å². The third-order valence-electron chi connectivity index (χ3n) is 5.73. The Labute approximate surface area is 197 Å². The number of piperazine rings is 1. The summed E-state index contributed by atoms with van der Waals surface area (Å²) in [5.74, 6) is 1.43. The van der Waals surface area contributed by atoms with Crippen molar-refractivity contribution < 1.29 is 9.59 Å². The van der Waals surface area contributed by atoms with E-state index in [0.717, 1.165) is 25.1 Å². The molecule has 2 amide bonds. The Morgan fingerprint density at radius 1 is 1.19 bits per heavy atom. The molecule has 0 radical (unpaired) electrons. The van der Waals surface area contributed by atoms with E-state index in [2.05, 4.69) is 27.1 Å². The Kier molecular flexibility index (Phi) is 7.52. The highest BCUT2D eigenvalue weighted by Gasteiger charge is 2.37. The lowest BCUT2D eigenvalue weighted by Crippen LogP contribution is -2.54. The van der Waals surface area contributed by atoms with Crippen molar-refractivity contribution in [3.05, 3.63) is 47.1 Å². The van der Waals surface area contributed by atoms with Crippen LogP contribution >= 0.6 is 23.4 Å². The van der Waals surface area contributed by atoms with Gasteiger partial charge in [0.2, 0.25) is 11.8 Å². The second kappa shape index (κ2) is 10.5. The zero-order valence-electron chi connectivity index (χ0n) is 18.2. The predicted molar refractivity (Wildman–Crippen MR) is 127 cm³/mol. The number of anilines is 1. The molecule has 1 saturated heterocycles. The molecule has 2 heterocycles. The summed E-state index contributed by atoms with van der Waals surface area (Å²) in [7, 11) is 0. The van der Waals surface area contributed by atoms with Gasteiger partial charge < -0.3 is 15.1 Å². The number of rotatable bonds is 8. The van der Waals surface area contributed by atoms with Gasteiger partial charge in [0, 0.05) is 44.2 Å². The average Bonchev–Trinajstić information content (AvgIpc) is 3.63. The fourth-order valence-electron chi connectivity index (χ4n) is 3.84. The molecule has 1 atom stereocenters. The molecule has 0 spiro atoms. The third kappa shape index (κ3) is 6.13. The van der Waals surface area contributed by atoms with Crippen LogP contribution in [0.3, 0.4) is 0 Å². The molecule has 170 valence electrons. The van der Waals surface area contributed by atoms with Crippen LogP contribution in [0.2, 0.25) is 5.15 Å². The summed E-state index contributed by atoms with van der Waals surface area (Å²) in [4.78, 5) is 37.7. The van der Waals surface area contributed by atoms with Crippen molar-refractivity contribution in [2.24, 2.45) is 5.92 Å². The Morgan fingerprint density at radius 3 is 2.69 bits per heavy atom. The van der Waals surface area contributed by atoms with Crippen molar-refractivity contribution in [2.75, 3.05) is 36.8 Å². The number of thioether (sulfide) groups is 1. The van der Waals surface area contributed by atoms with E-state index in [-0.39, 0.29) is 29.5 Å². The molecule has 32 heavy (non-hydrogen) atoms. The summed E-state index contributed by atoms with van der Waals surface area (Å²) in [5, 5.41) is 3.77. The van der Waals surface area contributed by atoms with Crippen molar-refractivity contribution >= 4 is 41.0 Å². The van der Waals surface area contributed by atoms with Gasteiger partial charge in [0.15, 0.2) is 5.16 Å². The fraction of sp³-hybridized carbons (Fsp3) is 0.478. The van der Waals surface area contributed by atoms with E-state index in [0.29, 0.717) is 36.5 Å². The summed E-state index contributed by atoms with van der Waals surface area (Å²) < 4.78 is 0. The van der Waals surface area contributed by atoms with Gasteiger partial charge in [-0.1, -0.05) is 53.7 Å². The number of aromatic nitrogens is 2. The zero-order valence-corrected chi connectivity index (χ0v) is 19.7. The first-order valence-electron chi connectivity index (χ1n) is 11.0. The molecule has 1 aromatic heterocycles. The van der Waals surface area contributed by atoms with Gasteiger partial charge in [-0.15, -0.1) is 0 Å². The maximum absolute atomic E-state index is 12.4. The first-order chi connectivity index (χ1) is 15.5. The number of nitrogens with one attached hydrogen (secondary N) is 1. The van der Waals surface area contributed by atoms with Crippen LogP contribution < -0.4 is 10.2 Å². The van der Waals surface area contributed by atoms with Crippen LogP contribution in [-0.2, 0) is 16.0 Å². The fourth-order valence-corrected chi connectivity index (χ4v) is 4.75. The normalized spacial score (nSPS) is 18.5. The second-order valence-corrected chi connectivity index (χ2v) is 9.64. The van der Waals surface area contributed by atoms with E-state index in [1.165, 1.54) is 17.3 Å². The number of nitrogens with zero attached hydrogens (tertiary/aromatic N) is 4. The Hall–Kier alpha value is -2.32. The van der Waals surface area contributed by atoms with E-state index in [4.69, 9.17) is 11.6 Å². The number of carbonyl (C=O) groups excluding carboxylic acids is 2. The van der Waals surface area contributed by atoms with Crippen LogP contribution in [0, 0.1) is 5.92 Å². The van der Waals surface area contributed by atoms with Crippen molar-refractivity contribution in [3.63, 3.8) is 0 Å². The zero-order chi connectivity index (χ0) is 22.5. The number of amides is 2. The van der Waals surface area contributed by atoms with Crippen LogP contribution in [0.1, 0.15) is 25.3 Å². The standard InChI is InChI=1S/C23H28ClN5O2S/c1-16-14-28(11-12-29(16)22(31)18-7-8-18)20-13-19(24)26-23(27-20)32-15-21(30)25-10-9-17-5-3-2-4-6-17/h2-6,13,16,18H,7-12,14-15H2,1H3,(H,25,30). The van der Waals surface area contributed by atoms with Gasteiger partial charge in [-0.05, 0) is 31.7 Å². The van der Waals surface area contributed by atoms with Crippen molar-refractivity contribution in [1.82, 2.24) is 20.2 Å². The summed E-state index contributed by atoms with van der Waals surface area (Å²) in [6.45, 7) is 4.76. The average molecular weight is 474 g/mol. The molecule has 1 aliphatic heterocycles. The maximum atomic E-state index is 12.4. The molecule has 0 bridgehead atoms. The monoisotopic (exact) mass is 473 g/mol. The SMILES string of the molecule is CC1CN(c2cc(Cl)nc(SCC(=O)NCCc3ccccc3)n2)CCN1C(=O)C1CC1. The van der Waals surface area contributed by atoms with Gasteiger partial charge in [-0.2, -0.15) is 0 Å². The number of carbonyl (C=O) groups is 2. The number of hydrogen-bond acceptors (Lipinski definition) is 6. The smallest absolute Gasteiger partial charge is 0.230 e. The number of halogens is 1.